The molecule has 1 fully saturated rings. The fourth-order valence-corrected chi connectivity index (χ4v) is 1.96. The number of ether oxygens (including phenoxy) is 2. The Bertz CT molecular complexity index is 356. The highest BCUT2D eigenvalue weighted by molar-refractivity contribution is 9.10. The molecule has 0 saturated carbocycles. The minimum atomic E-state index is 0.152. The third-order valence-corrected chi connectivity index (χ3v) is 2.95. The number of hydrogen-bond donors (Lipinski definition) is 1. The van der Waals surface area contributed by atoms with Gasteiger partial charge in [0.2, 0.25) is 5.88 Å². The van der Waals surface area contributed by atoms with Crippen LogP contribution in [0.5, 0.6) is 11.9 Å². The molecule has 2 rings (SSSR count). The molecule has 1 aromatic heterocycles. The molecule has 2 heterocycles. The van der Waals surface area contributed by atoms with Crippen molar-refractivity contribution < 1.29 is 9.47 Å². The van der Waals surface area contributed by atoms with Gasteiger partial charge in [0.25, 0.3) is 0 Å². The standard InChI is InChI=1S/C10H14BrN3O2/c1-15-9-8(11)6-13-10(14-9)16-7-3-2-4-12-5-7/h6-7,12H,2-5H2,1H3. The number of nitrogens with one attached hydrogen (secondary N) is 1. The van der Waals surface area contributed by atoms with E-state index < -0.39 is 0 Å². The Labute approximate surface area is 103 Å². The molecule has 1 aromatic rings. The number of methoxy groups -OCH3 is 1. The van der Waals surface area contributed by atoms with Crippen molar-refractivity contribution >= 4 is 15.9 Å². The molecule has 0 radical (unpaired) electrons. The average Bonchev–Trinajstić information content (AvgIpc) is 2.33. The molecule has 1 atom stereocenters. The summed E-state index contributed by atoms with van der Waals surface area (Å²) in [5.41, 5.74) is 0. The number of halogens is 1. The summed E-state index contributed by atoms with van der Waals surface area (Å²) in [5.74, 6) is 0.494. The number of hydrogen-bond acceptors (Lipinski definition) is 5. The van der Waals surface area contributed by atoms with Crippen LogP contribution in [0.3, 0.4) is 0 Å². The summed E-state index contributed by atoms with van der Waals surface area (Å²) in [4.78, 5) is 8.25. The fourth-order valence-electron chi connectivity index (χ4n) is 1.61. The Morgan fingerprint density at radius 3 is 3.12 bits per heavy atom. The normalized spacial score (nSPS) is 20.5. The molecular weight excluding hydrogens is 274 g/mol. The van der Waals surface area contributed by atoms with Gasteiger partial charge in [0.1, 0.15) is 6.10 Å². The van der Waals surface area contributed by atoms with Crippen LogP contribution in [0.2, 0.25) is 0 Å². The molecule has 0 amide bonds. The summed E-state index contributed by atoms with van der Waals surface area (Å²) in [6, 6.07) is 0.369. The quantitative estimate of drug-likeness (QED) is 0.910. The van der Waals surface area contributed by atoms with E-state index in [1.807, 2.05) is 0 Å². The van der Waals surface area contributed by atoms with Crippen molar-refractivity contribution in [2.24, 2.45) is 0 Å². The van der Waals surface area contributed by atoms with E-state index in [9.17, 15) is 0 Å². The van der Waals surface area contributed by atoms with Crippen molar-refractivity contribution in [1.82, 2.24) is 15.3 Å². The summed E-state index contributed by atoms with van der Waals surface area (Å²) in [5, 5.41) is 3.27. The van der Waals surface area contributed by atoms with E-state index in [0.717, 1.165) is 30.4 Å². The maximum atomic E-state index is 5.67. The lowest BCUT2D eigenvalue weighted by Crippen LogP contribution is -2.37. The summed E-state index contributed by atoms with van der Waals surface area (Å²) < 4.78 is 11.5. The molecule has 0 bridgehead atoms. The molecule has 1 unspecified atom stereocenters. The van der Waals surface area contributed by atoms with Crippen LogP contribution >= 0.6 is 15.9 Å². The molecule has 1 aliphatic rings. The van der Waals surface area contributed by atoms with E-state index >= 15 is 0 Å². The van der Waals surface area contributed by atoms with Crippen LogP contribution in [0.15, 0.2) is 10.7 Å². The van der Waals surface area contributed by atoms with Gasteiger partial charge >= 0.3 is 6.01 Å². The molecule has 1 N–H and O–H groups in total. The van der Waals surface area contributed by atoms with E-state index in [4.69, 9.17) is 9.47 Å². The molecule has 0 aliphatic carbocycles. The summed E-state index contributed by atoms with van der Waals surface area (Å²) >= 11 is 3.30. The average molecular weight is 288 g/mol. The maximum absolute atomic E-state index is 5.67. The second-order valence-electron chi connectivity index (χ2n) is 3.60. The zero-order chi connectivity index (χ0) is 11.4. The third kappa shape index (κ3) is 2.82. The van der Waals surface area contributed by atoms with Gasteiger partial charge in [0, 0.05) is 6.54 Å². The van der Waals surface area contributed by atoms with Gasteiger partial charge in [0.15, 0.2) is 0 Å². The zero-order valence-electron chi connectivity index (χ0n) is 9.07. The Morgan fingerprint density at radius 2 is 2.44 bits per heavy atom. The maximum Gasteiger partial charge on any atom is 0.320 e. The van der Waals surface area contributed by atoms with Crippen molar-refractivity contribution in [2.45, 2.75) is 18.9 Å². The monoisotopic (exact) mass is 287 g/mol. The predicted octanol–water partition coefficient (Wildman–Crippen LogP) is 1.38. The fraction of sp³-hybridized carbons (Fsp3) is 0.600. The summed E-state index contributed by atoms with van der Waals surface area (Å²) in [7, 11) is 1.57. The number of nitrogens with zero attached hydrogens (tertiary/aromatic N) is 2. The number of piperidine rings is 1. The van der Waals surface area contributed by atoms with Gasteiger partial charge in [0.05, 0.1) is 17.8 Å². The van der Waals surface area contributed by atoms with Crippen LogP contribution in [-0.4, -0.2) is 36.3 Å². The summed E-state index contributed by atoms with van der Waals surface area (Å²) in [6.07, 6.45) is 3.95. The van der Waals surface area contributed by atoms with Crippen molar-refractivity contribution in [3.8, 4) is 11.9 Å². The predicted molar refractivity (Wildman–Crippen MR) is 62.8 cm³/mol. The first kappa shape index (κ1) is 11.6. The van der Waals surface area contributed by atoms with Crippen LogP contribution in [-0.2, 0) is 0 Å². The highest BCUT2D eigenvalue weighted by Gasteiger charge is 2.16. The Kier molecular flexibility index (Phi) is 3.95. The van der Waals surface area contributed by atoms with Gasteiger partial charge in [-0.15, -0.1) is 0 Å². The molecule has 6 heteroatoms. The minimum Gasteiger partial charge on any atom is -0.480 e. The van der Waals surface area contributed by atoms with Gasteiger partial charge in [-0.2, -0.15) is 4.98 Å². The molecule has 88 valence electrons. The number of aromatic nitrogens is 2. The minimum absolute atomic E-state index is 0.152. The largest absolute Gasteiger partial charge is 0.480 e. The Balaban J connectivity index is 2.03. The van der Waals surface area contributed by atoms with E-state index in [0.29, 0.717) is 11.9 Å². The van der Waals surface area contributed by atoms with Gasteiger partial charge in [-0.1, -0.05) is 0 Å². The number of rotatable bonds is 3. The molecule has 5 nitrogen and oxygen atoms in total. The second kappa shape index (κ2) is 5.45. The lowest BCUT2D eigenvalue weighted by atomic mass is 10.1. The first-order valence-electron chi connectivity index (χ1n) is 5.23. The van der Waals surface area contributed by atoms with Crippen LogP contribution in [0.25, 0.3) is 0 Å². The van der Waals surface area contributed by atoms with Crippen LogP contribution in [0, 0.1) is 0 Å². The highest BCUT2D eigenvalue weighted by Crippen LogP contribution is 2.23. The highest BCUT2D eigenvalue weighted by atomic mass is 79.9. The first-order chi connectivity index (χ1) is 7.79. The topological polar surface area (TPSA) is 56.3 Å². The molecule has 1 aliphatic heterocycles. The van der Waals surface area contributed by atoms with E-state index in [1.165, 1.54) is 0 Å². The lowest BCUT2D eigenvalue weighted by Gasteiger charge is -2.22. The van der Waals surface area contributed by atoms with E-state index in [2.05, 4.69) is 31.2 Å². The first-order valence-corrected chi connectivity index (χ1v) is 6.03. The molecule has 16 heavy (non-hydrogen) atoms. The van der Waals surface area contributed by atoms with Crippen molar-refractivity contribution in [1.29, 1.82) is 0 Å². The second-order valence-corrected chi connectivity index (χ2v) is 4.45. The van der Waals surface area contributed by atoms with Gasteiger partial charge in [-0.25, -0.2) is 4.98 Å². The van der Waals surface area contributed by atoms with Gasteiger partial charge < -0.3 is 14.8 Å². The molecule has 1 saturated heterocycles. The van der Waals surface area contributed by atoms with Crippen molar-refractivity contribution in [3.63, 3.8) is 0 Å². The SMILES string of the molecule is COc1nc(OC2CCCNC2)ncc1Br. The smallest absolute Gasteiger partial charge is 0.320 e. The van der Waals surface area contributed by atoms with Crippen molar-refractivity contribution in [2.75, 3.05) is 20.2 Å². The molecule has 0 aromatic carbocycles. The zero-order valence-corrected chi connectivity index (χ0v) is 10.7. The Morgan fingerprint density at radius 1 is 1.56 bits per heavy atom. The van der Waals surface area contributed by atoms with Gasteiger partial charge in [-0.05, 0) is 35.3 Å². The van der Waals surface area contributed by atoms with E-state index in [1.54, 1.807) is 13.3 Å². The Hall–Kier alpha value is -0.880. The molecular formula is C10H14BrN3O2. The van der Waals surface area contributed by atoms with Crippen LogP contribution in [0.1, 0.15) is 12.8 Å². The summed E-state index contributed by atoms with van der Waals surface area (Å²) in [6.45, 7) is 1.91. The lowest BCUT2D eigenvalue weighted by molar-refractivity contribution is 0.151. The van der Waals surface area contributed by atoms with Crippen LogP contribution in [0.4, 0.5) is 0 Å². The van der Waals surface area contributed by atoms with Crippen LogP contribution < -0.4 is 14.8 Å². The molecule has 0 spiro atoms. The third-order valence-electron chi connectivity index (χ3n) is 2.41. The van der Waals surface area contributed by atoms with E-state index in [-0.39, 0.29) is 6.10 Å². The van der Waals surface area contributed by atoms with Crippen molar-refractivity contribution in [3.05, 3.63) is 10.7 Å². The van der Waals surface area contributed by atoms with Gasteiger partial charge in [-0.3, -0.25) is 0 Å².